The molecule has 1 fully saturated rings. The maximum absolute atomic E-state index is 12.2. The number of amides is 1. The second-order valence-electron chi connectivity index (χ2n) is 6.25. The summed E-state index contributed by atoms with van der Waals surface area (Å²) in [7, 11) is 1.69. The first kappa shape index (κ1) is 17.4. The van der Waals surface area contributed by atoms with Crippen LogP contribution >= 0.6 is 0 Å². The predicted octanol–water partition coefficient (Wildman–Crippen LogP) is 1.00. The molecule has 0 aromatic heterocycles. The van der Waals surface area contributed by atoms with E-state index in [1.54, 1.807) is 7.05 Å². The molecule has 7 nitrogen and oxygen atoms in total. The highest BCUT2D eigenvalue weighted by Crippen LogP contribution is 2.30. The Bertz CT molecular complexity index is 614. The lowest BCUT2D eigenvalue weighted by atomic mass is 10.1. The van der Waals surface area contributed by atoms with Crippen molar-refractivity contribution in [3.8, 4) is 11.5 Å². The number of benzene rings is 1. The van der Waals surface area contributed by atoms with Crippen LogP contribution in [0.15, 0.2) is 29.3 Å². The zero-order valence-corrected chi connectivity index (χ0v) is 14.7. The van der Waals surface area contributed by atoms with E-state index in [0.717, 1.165) is 37.4 Å². The van der Waals surface area contributed by atoms with Crippen LogP contribution in [0.3, 0.4) is 0 Å². The summed E-state index contributed by atoms with van der Waals surface area (Å²) in [6.45, 7) is 3.00. The predicted molar refractivity (Wildman–Crippen MR) is 96.1 cm³/mol. The van der Waals surface area contributed by atoms with Crippen LogP contribution in [0, 0.1) is 0 Å². The summed E-state index contributed by atoms with van der Waals surface area (Å²) in [4.78, 5) is 18.3. The van der Waals surface area contributed by atoms with Gasteiger partial charge in [-0.2, -0.15) is 0 Å². The number of hydrogen-bond acceptors (Lipinski definition) is 4. The summed E-state index contributed by atoms with van der Waals surface area (Å²) >= 11 is 0. The minimum absolute atomic E-state index is 0.105. The lowest BCUT2D eigenvalue weighted by Gasteiger charge is -2.28. The molecule has 2 aliphatic heterocycles. The largest absolute Gasteiger partial charge is 0.486 e. The Morgan fingerprint density at radius 2 is 1.96 bits per heavy atom. The van der Waals surface area contributed by atoms with E-state index in [2.05, 4.69) is 15.6 Å². The van der Waals surface area contributed by atoms with Crippen molar-refractivity contribution in [3.63, 3.8) is 0 Å². The van der Waals surface area contributed by atoms with E-state index in [-0.39, 0.29) is 18.6 Å². The minimum atomic E-state index is -0.105. The van der Waals surface area contributed by atoms with Crippen LogP contribution in [0.2, 0.25) is 0 Å². The van der Waals surface area contributed by atoms with Crippen molar-refractivity contribution in [2.45, 2.75) is 25.4 Å². The van der Waals surface area contributed by atoms with Gasteiger partial charge in [0, 0.05) is 20.1 Å². The average Bonchev–Trinajstić information content (AvgIpc) is 2.68. The number of fused-ring (bicyclic) bond motifs is 1. The minimum Gasteiger partial charge on any atom is -0.486 e. The first-order valence-electron chi connectivity index (χ1n) is 8.87. The maximum Gasteiger partial charge on any atom is 0.241 e. The molecule has 1 atom stereocenters. The number of para-hydroxylation sites is 2. The number of likely N-dealkylation sites (tertiary alicyclic amines) is 1. The van der Waals surface area contributed by atoms with Crippen LogP contribution in [0.4, 0.5) is 0 Å². The van der Waals surface area contributed by atoms with Gasteiger partial charge in [-0.15, -0.1) is 0 Å². The van der Waals surface area contributed by atoms with E-state index in [9.17, 15) is 4.79 Å². The smallest absolute Gasteiger partial charge is 0.241 e. The molecule has 2 aliphatic rings. The van der Waals surface area contributed by atoms with E-state index in [4.69, 9.17) is 9.47 Å². The Kier molecular flexibility index (Phi) is 5.98. The topological polar surface area (TPSA) is 75.2 Å². The third-order valence-corrected chi connectivity index (χ3v) is 4.40. The van der Waals surface area contributed by atoms with Gasteiger partial charge in [-0.1, -0.05) is 12.1 Å². The van der Waals surface area contributed by atoms with E-state index >= 15 is 0 Å². The summed E-state index contributed by atoms with van der Waals surface area (Å²) in [5.41, 5.74) is 0. The molecular formula is C18H26N4O3. The van der Waals surface area contributed by atoms with Gasteiger partial charge < -0.3 is 25.0 Å². The molecule has 136 valence electrons. The van der Waals surface area contributed by atoms with Crippen LogP contribution in [0.5, 0.6) is 11.5 Å². The lowest BCUT2D eigenvalue weighted by molar-refractivity contribution is -0.130. The molecular weight excluding hydrogens is 320 g/mol. The molecule has 1 saturated heterocycles. The quantitative estimate of drug-likeness (QED) is 0.629. The van der Waals surface area contributed by atoms with Crippen LogP contribution in [0.1, 0.15) is 19.3 Å². The number of aliphatic imine (C=N–C) groups is 1. The molecule has 3 rings (SSSR count). The van der Waals surface area contributed by atoms with Crippen molar-refractivity contribution in [2.24, 2.45) is 4.99 Å². The summed E-state index contributed by atoms with van der Waals surface area (Å²) < 4.78 is 11.6. The lowest BCUT2D eigenvalue weighted by Crippen LogP contribution is -2.48. The van der Waals surface area contributed by atoms with Crippen molar-refractivity contribution in [3.05, 3.63) is 24.3 Å². The van der Waals surface area contributed by atoms with Crippen LogP contribution < -0.4 is 20.1 Å². The summed E-state index contributed by atoms with van der Waals surface area (Å²) in [6, 6.07) is 7.63. The van der Waals surface area contributed by atoms with Gasteiger partial charge in [0.05, 0.1) is 13.1 Å². The molecule has 0 saturated carbocycles. The van der Waals surface area contributed by atoms with Crippen molar-refractivity contribution in [1.29, 1.82) is 0 Å². The van der Waals surface area contributed by atoms with Gasteiger partial charge in [0.25, 0.3) is 0 Å². The number of guanidine groups is 1. The Labute approximate surface area is 148 Å². The van der Waals surface area contributed by atoms with Crippen LogP contribution in [-0.4, -0.2) is 62.7 Å². The van der Waals surface area contributed by atoms with E-state index in [1.165, 1.54) is 6.42 Å². The standard InChI is InChI=1S/C18H26N4O3/c1-19-18(21-12-17(23)22-9-5-2-6-10-22)20-11-14-13-24-15-7-3-4-8-16(15)25-14/h3-4,7-8,14H,2,5-6,9-13H2,1H3,(H2,19,20,21). The Morgan fingerprint density at radius 1 is 1.20 bits per heavy atom. The fraction of sp³-hybridized carbons (Fsp3) is 0.556. The molecule has 2 N–H and O–H groups in total. The Hall–Kier alpha value is -2.44. The van der Waals surface area contributed by atoms with E-state index in [0.29, 0.717) is 19.1 Å². The molecule has 1 aromatic carbocycles. The molecule has 2 heterocycles. The van der Waals surface area contributed by atoms with Gasteiger partial charge in [0.1, 0.15) is 12.7 Å². The Morgan fingerprint density at radius 3 is 2.72 bits per heavy atom. The molecule has 25 heavy (non-hydrogen) atoms. The molecule has 1 aromatic rings. The van der Waals surface area contributed by atoms with Crippen molar-refractivity contribution in [1.82, 2.24) is 15.5 Å². The number of ether oxygens (including phenoxy) is 2. The zero-order chi connectivity index (χ0) is 17.5. The number of carbonyl (C=O) groups is 1. The molecule has 1 unspecified atom stereocenters. The molecule has 0 radical (unpaired) electrons. The van der Waals surface area contributed by atoms with Gasteiger partial charge >= 0.3 is 0 Å². The fourth-order valence-electron chi connectivity index (χ4n) is 3.01. The van der Waals surface area contributed by atoms with Crippen molar-refractivity contribution in [2.75, 3.05) is 39.8 Å². The number of carbonyl (C=O) groups excluding carboxylic acids is 1. The van der Waals surface area contributed by atoms with Crippen molar-refractivity contribution < 1.29 is 14.3 Å². The number of piperidine rings is 1. The number of hydrogen-bond donors (Lipinski definition) is 2. The monoisotopic (exact) mass is 346 g/mol. The molecule has 1 amide bonds. The van der Waals surface area contributed by atoms with Crippen LogP contribution in [-0.2, 0) is 4.79 Å². The fourth-order valence-corrected chi connectivity index (χ4v) is 3.01. The summed E-state index contributed by atoms with van der Waals surface area (Å²) in [5.74, 6) is 2.24. The van der Waals surface area contributed by atoms with E-state index in [1.807, 2.05) is 29.2 Å². The zero-order valence-electron chi connectivity index (χ0n) is 14.7. The first-order valence-corrected chi connectivity index (χ1v) is 8.87. The molecule has 0 spiro atoms. The SMILES string of the molecule is CN=C(NCC(=O)N1CCCCC1)NCC1COc2ccccc2O1. The highest BCUT2D eigenvalue weighted by molar-refractivity contribution is 5.86. The third kappa shape index (κ3) is 4.78. The Balaban J connectivity index is 1.41. The third-order valence-electron chi connectivity index (χ3n) is 4.40. The van der Waals surface area contributed by atoms with Gasteiger partial charge in [0.15, 0.2) is 17.5 Å². The average molecular weight is 346 g/mol. The number of nitrogens with zero attached hydrogens (tertiary/aromatic N) is 2. The van der Waals surface area contributed by atoms with Gasteiger partial charge in [-0.25, -0.2) is 0 Å². The van der Waals surface area contributed by atoms with Gasteiger partial charge in [-0.3, -0.25) is 9.79 Å². The maximum atomic E-state index is 12.2. The van der Waals surface area contributed by atoms with Crippen LogP contribution in [0.25, 0.3) is 0 Å². The second-order valence-corrected chi connectivity index (χ2v) is 6.25. The van der Waals surface area contributed by atoms with E-state index < -0.39 is 0 Å². The highest BCUT2D eigenvalue weighted by atomic mass is 16.6. The summed E-state index contributed by atoms with van der Waals surface area (Å²) in [5, 5.41) is 6.27. The second kappa shape index (κ2) is 8.60. The molecule has 0 bridgehead atoms. The number of rotatable bonds is 4. The van der Waals surface area contributed by atoms with Crippen molar-refractivity contribution >= 4 is 11.9 Å². The highest BCUT2D eigenvalue weighted by Gasteiger charge is 2.21. The normalized spacial score (nSPS) is 20.1. The number of nitrogens with one attached hydrogen (secondary N) is 2. The molecule has 0 aliphatic carbocycles. The first-order chi connectivity index (χ1) is 12.3. The van der Waals surface area contributed by atoms with Gasteiger partial charge in [-0.05, 0) is 31.4 Å². The molecule has 7 heteroatoms. The summed E-state index contributed by atoms with van der Waals surface area (Å²) in [6.07, 6.45) is 3.30. The van der Waals surface area contributed by atoms with Gasteiger partial charge in [0.2, 0.25) is 5.91 Å².